The molecule has 0 atom stereocenters. The van der Waals surface area contributed by atoms with E-state index in [0.29, 0.717) is 16.2 Å². The zero-order valence-electron chi connectivity index (χ0n) is 13.4. The number of amides is 2. The number of carbonyl (C=O) groups excluding carboxylic acids is 2. The maximum atomic E-state index is 13.6. The van der Waals surface area contributed by atoms with Crippen molar-refractivity contribution in [3.05, 3.63) is 64.8 Å². The number of nitrogens with one attached hydrogen (secondary N) is 1. The van der Waals surface area contributed by atoms with Crippen LogP contribution < -0.4 is 10.1 Å². The van der Waals surface area contributed by atoms with Crippen molar-refractivity contribution >= 4 is 34.7 Å². The summed E-state index contributed by atoms with van der Waals surface area (Å²) in [4.78, 5) is 25.9. The molecule has 0 unspecified atom stereocenters. The van der Waals surface area contributed by atoms with Gasteiger partial charge in [0.25, 0.3) is 11.1 Å². The maximum Gasteiger partial charge on any atom is 0.295 e. The summed E-state index contributed by atoms with van der Waals surface area (Å²) in [6.45, 7) is -0.102. The number of hydrogen-bond donors (Lipinski definition) is 1. The van der Waals surface area contributed by atoms with Crippen molar-refractivity contribution in [1.82, 2.24) is 4.90 Å². The first kappa shape index (κ1) is 17.0. The predicted molar refractivity (Wildman–Crippen MR) is 95.7 cm³/mol. The molecule has 25 heavy (non-hydrogen) atoms. The van der Waals surface area contributed by atoms with Gasteiger partial charge in [-0.15, -0.1) is 0 Å². The minimum Gasteiger partial charge on any atom is -0.496 e. The second kappa shape index (κ2) is 7.40. The fourth-order valence-electron chi connectivity index (χ4n) is 2.33. The number of para-hydroxylation sites is 2. The zero-order valence-corrected chi connectivity index (χ0v) is 14.2. The third-order valence-corrected chi connectivity index (χ3v) is 4.51. The first-order valence-electron chi connectivity index (χ1n) is 7.47. The molecule has 3 rings (SSSR count). The summed E-state index contributed by atoms with van der Waals surface area (Å²) in [7, 11) is 1.54. The molecule has 0 saturated carbocycles. The van der Waals surface area contributed by atoms with Crippen molar-refractivity contribution in [2.45, 2.75) is 0 Å². The van der Waals surface area contributed by atoms with Gasteiger partial charge in [-0.05, 0) is 36.0 Å². The van der Waals surface area contributed by atoms with E-state index in [4.69, 9.17) is 4.74 Å². The van der Waals surface area contributed by atoms with Gasteiger partial charge >= 0.3 is 0 Å². The van der Waals surface area contributed by atoms with Gasteiger partial charge in [0.05, 0.1) is 24.4 Å². The van der Waals surface area contributed by atoms with Crippen LogP contribution in [0.1, 0.15) is 5.56 Å². The van der Waals surface area contributed by atoms with E-state index in [2.05, 4.69) is 5.32 Å². The highest BCUT2D eigenvalue weighted by atomic mass is 32.2. The Morgan fingerprint density at radius 1 is 1.16 bits per heavy atom. The molecule has 1 aliphatic rings. The van der Waals surface area contributed by atoms with E-state index < -0.39 is 17.0 Å². The van der Waals surface area contributed by atoms with Gasteiger partial charge in [0, 0.05) is 5.56 Å². The van der Waals surface area contributed by atoms with Gasteiger partial charge in [-0.3, -0.25) is 14.5 Å². The molecule has 1 N–H and O–H groups in total. The smallest absolute Gasteiger partial charge is 0.295 e. The molecule has 1 fully saturated rings. The molecule has 2 aromatic carbocycles. The molecule has 128 valence electrons. The van der Waals surface area contributed by atoms with Crippen LogP contribution in [-0.4, -0.2) is 29.8 Å². The Labute approximate surface area is 148 Å². The summed E-state index contributed by atoms with van der Waals surface area (Å²) in [5, 5.41) is 2.36. The molecular formula is C18H15FN2O3S. The van der Waals surface area contributed by atoms with Crippen LogP contribution in [0.4, 0.5) is 14.9 Å². The number of imide groups is 1. The summed E-state index contributed by atoms with van der Waals surface area (Å²) in [6, 6.07) is 13.3. The molecule has 1 aliphatic heterocycles. The number of thioether (sulfide) groups is 1. The highest BCUT2D eigenvalue weighted by molar-refractivity contribution is 8.18. The summed E-state index contributed by atoms with van der Waals surface area (Å²) < 4.78 is 18.9. The van der Waals surface area contributed by atoms with Gasteiger partial charge in [0.15, 0.2) is 0 Å². The Balaban J connectivity index is 1.76. The van der Waals surface area contributed by atoms with Gasteiger partial charge in [-0.1, -0.05) is 30.3 Å². The molecule has 2 amide bonds. The standard InChI is InChI=1S/C18H15FN2O3S/c1-24-15-9-5-2-6-12(15)10-16-17(22)21(18(23)25-16)11-20-14-8-4-3-7-13(14)19/h2-10,20H,11H2,1H3/b16-10+. The molecular weight excluding hydrogens is 343 g/mol. The average molecular weight is 358 g/mol. The summed E-state index contributed by atoms with van der Waals surface area (Å²) in [5.74, 6) is -0.262. The Morgan fingerprint density at radius 2 is 1.88 bits per heavy atom. The maximum absolute atomic E-state index is 13.6. The van der Waals surface area contributed by atoms with Crippen LogP contribution in [0, 0.1) is 5.82 Å². The molecule has 1 saturated heterocycles. The fourth-order valence-corrected chi connectivity index (χ4v) is 3.16. The molecule has 5 nitrogen and oxygen atoms in total. The van der Waals surface area contributed by atoms with Gasteiger partial charge in [-0.25, -0.2) is 4.39 Å². The minimum absolute atomic E-state index is 0.102. The van der Waals surface area contributed by atoms with Crippen molar-refractivity contribution < 1.29 is 18.7 Å². The number of halogens is 1. The van der Waals surface area contributed by atoms with Crippen LogP contribution in [0.5, 0.6) is 5.75 Å². The lowest BCUT2D eigenvalue weighted by atomic mass is 10.2. The Morgan fingerprint density at radius 3 is 2.64 bits per heavy atom. The van der Waals surface area contributed by atoms with E-state index in [-0.39, 0.29) is 12.4 Å². The summed E-state index contributed by atoms with van der Waals surface area (Å²) in [6.07, 6.45) is 1.62. The molecule has 0 aliphatic carbocycles. The number of rotatable bonds is 5. The van der Waals surface area contributed by atoms with E-state index in [1.54, 1.807) is 36.4 Å². The number of hydrogen-bond acceptors (Lipinski definition) is 5. The summed E-state index contributed by atoms with van der Waals surface area (Å²) in [5.41, 5.74) is 0.938. The monoisotopic (exact) mass is 358 g/mol. The molecule has 7 heteroatoms. The zero-order chi connectivity index (χ0) is 17.8. The first-order valence-corrected chi connectivity index (χ1v) is 8.28. The molecule has 2 aromatic rings. The Kier molecular flexibility index (Phi) is 5.04. The van der Waals surface area contributed by atoms with Crippen LogP contribution in [0.25, 0.3) is 6.08 Å². The van der Waals surface area contributed by atoms with Crippen LogP contribution in [0.2, 0.25) is 0 Å². The van der Waals surface area contributed by atoms with Crippen molar-refractivity contribution in [1.29, 1.82) is 0 Å². The predicted octanol–water partition coefficient (Wildman–Crippen LogP) is 3.94. The lowest BCUT2D eigenvalue weighted by Crippen LogP contribution is -2.33. The number of methoxy groups -OCH3 is 1. The van der Waals surface area contributed by atoms with Gasteiger partial charge in [0.2, 0.25) is 0 Å². The second-order valence-corrected chi connectivity index (χ2v) is 6.16. The quantitative estimate of drug-likeness (QED) is 0.821. The minimum atomic E-state index is -0.445. The Bertz CT molecular complexity index is 854. The molecule has 0 spiro atoms. The van der Waals surface area contributed by atoms with E-state index in [0.717, 1.165) is 16.7 Å². The van der Waals surface area contributed by atoms with Crippen molar-refractivity contribution in [3.63, 3.8) is 0 Å². The van der Waals surface area contributed by atoms with E-state index in [1.807, 2.05) is 12.1 Å². The highest BCUT2D eigenvalue weighted by Gasteiger charge is 2.35. The number of anilines is 1. The first-order chi connectivity index (χ1) is 12.1. The van der Waals surface area contributed by atoms with Crippen LogP contribution in [0.3, 0.4) is 0 Å². The third-order valence-electron chi connectivity index (χ3n) is 3.60. The average Bonchev–Trinajstić information content (AvgIpc) is 2.88. The number of nitrogens with zero attached hydrogens (tertiary/aromatic N) is 1. The number of carbonyl (C=O) groups is 2. The topological polar surface area (TPSA) is 58.6 Å². The van der Waals surface area contributed by atoms with Crippen LogP contribution >= 0.6 is 11.8 Å². The van der Waals surface area contributed by atoms with Crippen molar-refractivity contribution in [3.8, 4) is 5.75 Å². The summed E-state index contributed by atoms with van der Waals surface area (Å²) >= 11 is 0.844. The number of benzene rings is 2. The third kappa shape index (κ3) is 3.66. The van der Waals surface area contributed by atoms with Gasteiger partial charge in [0.1, 0.15) is 11.6 Å². The van der Waals surface area contributed by atoms with E-state index in [9.17, 15) is 14.0 Å². The van der Waals surface area contributed by atoms with Crippen molar-refractivity contribution in [2.24, 2.45) is 0 Å². The molecule has 0 bridgehead atoms. The second-order valence-electron chi connectivity index (χ2n) is 5.17. The largest absolute Gasteiger partial charge is 0.496 e. The van der Waals surface area contributed by atoms with Crippen molar-refractivity contribution in [2.75, 3.05) is 19.1 Å². The number of ether oxygens (including phenoxy) is 1. The Hall–Kier alpha value is -2.80. The lowest BCUT2D eigenvalue weighted by molar-refractivity contribution is -0.122. The van der Waals surface area contributed by atoms with E-state index in [1.165, 1.54) is 13.2 Å². The molecule has 1 heterocycles. The molecule has 0 radical (unpaired) electrons. The normalized spacial score (nSPS) is 15.8. The van der Waals surface area contributed by atoms with Crippen LogP contribution in [0.15, 0.2) is 53.4 Å². The van der Waals surface area contributed by atoms with E-state index >= 15 is 0 Å². The van der Waals surface area contributed by atoms with Crippen LogP contribution in [-0.2, 0) is 4.79 Å². The SMILES string of the molecule is COc1ccccc1/C=C1/SC(=O)N(CNc2ccccc2F)C1=O. The fraction of sp³-hybridized carbons (Fsp3) is 0.111. The highest BCUT2D eigenvalue weighted by Crippen LogP contribution is 2.33. The van der Waals surface area contributed by atoms with Gasteiger partial charge < -0.3 is 10.1 Å². The van der Waals surface area contributed by atoms with Gasteiger partial charge in [-0.2, -0.15) is 0 Å². The lowest BCUT2D eigenvalue weighted by Gasteiger charge is -2.14. The molecule has 0 aromatic heterocycles.